The average molecular weight is 316 g/mol. The highest BCUT2D eigenvalue weighted by atomic mass is 35.5. The molecule has 0 fully saturated rings. The molecule has 3 N–H and O–H groups in total. The summed E-state index contributed by atoms with van der Waals surface area (Å²) in [6, 6.07) is 4.64. The van der Waals surface area contributed by atoms with Crippen molar-refractivity contribution in [2.75, 3.05) is 0 Å². The number of aromatic nitrogens is 1. The molecule has 0 aliphatic rings. The Bertz CT molecular complexity index is 699. The summed E-state index contributed by atoms with van der Waals surface area (Å²) in [5.74, 6) is 0.423. The fourth-order valence-electron chi connectivity index (χ4n) is 1.78. The second-order valence-electron chi connectivity index (χ2n) is 4.20. The molecule has 8 heteroatoms. The Morgan fingerprint density at radius 2 is 2.20 bits per heavy atom. The number of rotatable bonds is 5. The van der Waals surface area contributed by atoms with Crippen LogP contribution in [-0.4, -0.2) is 13.6 Å². The number of halogens is 1. The minimum absolute atomic E-state index is 0.0201. The Morgan fingerprint density at radius 1 is 1.45 bits per heavy atom. The normalized spacial score (nSPS) is 11.8. The smallest absolute Gasteiger partial charge is 0.241 e. The number of nitrogens with one attached hydrogen (secondary N) is 1. The van der Waals surface area contributed by atoms with Gasteiger partial charge in [0.15, 0.2) is 5.76 Å². The van der Waals surface area contributed by atoms with Crippen molar-refractivity contribution < 1.29 is 12.9 Å². The first-order valence-electron chi connectivity index (χ1n) is 5.82. The van der Waals surface area contributed by atoms with Gasteiger partial charge in [-0.3, -0.25) is 0 Å². The monoisotopic (exact) mass is 315 g/mol. The first kappa shape index (κ1) is 15.0. The second kappa shape index (κ2) is 5.92. The highest BCUT2D eigenvalue weighted by molar-refractivity contribution is 7.89. The average Bonchev–Trinajstić information content (AvgIpc) is 2.92. The molecule has 0 aliphatic carbocycles. The highest BCUT2D eigenvalue weighted by Gasteiger charge is 2.19. The molecule has 0 radical (unpaired) electrons. The van der Waals surface area contributed by atoms with Crippen molar-refractivity contribution in [2.24, 2.45) is 5.73 Å². The van der Waals surface area contributed by atoms with E-state index < -0.39 is 10.0 Å². The molecule has 2 rings (SSSR count). The number of hydrogen-bond donors (Lipinski definition) is 2. The molecule has 0 spiro atoms. The lowest BCUT2D eigenvalue weighted by atomic mass is 10.1. The summed E-state index contributed by atoms with van der Waals surface area (Å²) >= 11 is 5.93. The van der Waals surface area contributed by atoms with Crippen LogP contribution in [0.5, 0.6) is 0 Å². The summed E-state index contributed by atoms with van der Waals surface area (Å²) in [6.45, 7) is 1.94. The molecule has 108 valence electrons. The highest BCUT2D eigenvalue weighted by Crippen LogP contribution is 2.24. The summed E-state index contributed by atoms with van der Waals surface area (Å²) in [7, 11) is -3.70. The van der Waals surface area contributed by atoms with E-state index in [1.54, 1.807) is 19.1 Å². The Balaban J connectivity index is 2.31. The van der Waals surface area contributed by atoms with Gasteiger partial charge in [-0.05, 0) is 30.2 Å². The van der Waals surface area contributed by atoms with Gasteiger partial charge in [0.05, 0.1) is 17.6 Å². The van der Waals surface area contributed by atoms with Gasteiger partial charge in [0.2, 0.25) is 10.0 Å². The number of hydrogen-bond acceptors (Lipinski definition) is 5. The molecule has 0 saturated heterocycles. The van der Waals surface area contributed by atoms with E-state index >= 15 is 0 Å². The summed E-state index contributed by atoms with van der Waals surface area (Å²) in [4.78, 5) is 0.116. The SMILES string of the molecule is Cc1c(CN)cc(Cl)cc1S(=O)(=O)NCc1ccno1. The Morgan fingerprint density at radius 3 is 2.80 bits per heavy atom. The Hall–Kier alpha value is -1.41. The molecule has 1 heterocycles. The molecule has 20 heavy (non-hydrogen) atoms. The van der Waals surface area contributed by atoms with Crippen LogP contribution in [0, 0.1) is 6.92 Å². The van der Waals surface area contributed by atoms with E-state index in [4.69, 9.17) is 21.9 Å². The molecule has 1 aromatic carbocycles. The minimum atomic E-state index is -3.70. The van der Waals surface area contributed by atoms with Crippen molar-refractivity contribution in [3.05, 3.63) is 46.3 Å². The van der Waals surface area contributed by atoms with Gasteiger partial charge in [-0.1, -0.05) is 16.8 Å². The molecule has 0 bridgehead atoms. The van der Waals surface area contributed by atoms with Crippen LogP contribution >= 0.6 is 11.6 Å². The molecule has 1 aromatic heterocycles. The predicted molar refractivity (Wildman–Crippen MR) is 74.6 cm³/mol. The van der Waals surface area contributed by atoms with Crippen molar-refractivity contribution in [1.82, 2.24) is 9.88 Å². The van der Waals surface area contributed by atoms with Crippen molar-refractivity contribution in [3.63, 3.8) is 0 Å². The quantitative estimate of drug-likeness (QED) is 0.872. The van der Waals surface area contributed by atoms with Crippen LogP contribution in [0.1, 0.15) is 16.9 Å². The lowest BCUT2D eigenvalue weighted by molar-refractivity contribution is 0.380. The Kier molecular flexibility index (Phi) is 4.44. The van der Waals surface area contributed by atoms with Crippen molar-refractivity contribution >= 4 is 21.6 Å². The van der Waals surface area contributed by atoms with Crippen molar-refractivity contribution in [1.29, 1.82) is 0 Å². The van der Waals surface area contributed by atoms with Crippen LogP contribution in [0.4, 0.5) is 0 Å². The van der Waals surface area contributed by atoms with Crippen LogP contribution < -0.4 is 10.5 Å². The summed E-state index contributed by atoms with van der Waals surface area (Å²) in [6.07, 6.45) is 1.45. The standard InChI is InChI=1S/C12H14ClN3O3S/c1-8-9(6-14)4-10(13)5-12(8)20(17,18)16-7-11-2-3-15-19-11/h2-5,16H,6-7,14H2,1H3. The first-order chi connectivity index (χ1) is 9.44. The predicted octanol–water partition coefficient (Wildman–Crippen LogP) is 1.57. The van der Waals surface area contributed by atoms with E-state index in [0.717, 1.165) is 0 Å². The lowest BCUT2D eigenvalue weighted by Gasteiger charge is -2.12. The minimum Gasteiger partial charge on any atom is -0.360 e. The maximum Gasteiger partial charge on any atom is 0.241 e. The van der Waals surface area contributed by atoms with E-state index in [-0.39, 0.29) is 18.0 Å². The molecular formula is C12H14ClN3O3S. The fraction of sp³-hybridized carbons (Fsp3) is 0.250. The third kappa shape index (κ3) is 3.18. The number of nitrogens with zero attached hydrogens (tertiary/aromatic N) is 1. The van der Waals surface area contributed by atoms with Crippen LogP contribution in [0.15, 0.2) is 33.8 Å². The number of benzene rings is 1. The molecule has 6 nitrogen and oxygen atoms in total. The van der Waals surface area contributed by atoms with Crippen LogP contribution in [0.2, 0.25) is 5.02 Å². The second-order valence-corrected chi connectivity index (χ2v) is 6.37. The van der Waals surface area contributed by atoms with Gasteiger partial charge < -0.3 is 10.3 Å². The van der Waals surface area contributed by atoms with Crippen molar-refractivity contribution in [2.45, 2.75) is 24.9 Å². The van der Waals surface area contributed by atoms with Crippen LogP contribution in [0.25, 0.3) is 0 Å². The summed E-state index contributed by atoms with van der Waals surface area (Å²) < 4.78 is 31.9. The summed E-state index contributed by atoms with van der Waals surface area (Å²) in [5.41, 5.74) is 6.86. The van der Waals surface area contributed by atoms with Gasteiger partial charge in [0.1, 0.15) is 0 Å². The zero-order valence-electron chi connectivity index (χ0n) is 10.8. The maximum absolute atomic E-state index is 12.3. The molecular weight excluding hydrogens is 302 g/mol. The van der Waals surface area contributed by atoms with Gasteiger partial charge in [-0.2, -0.15) is 0 Å². The third-order valence-electron chi connectivity index (χ3n) is 2.87. The van der Waals surface area contributed by atoms with Crippen LogP contribution in [-0.2, 0) is 23.1 Å². The fourth-order valence-corrected chi connectivity index (χ4v) is 3.39. The first-order valence-corrected chi connectivity index (χ1v) is 7.68. The zero-order valence-corrected chi connectivity index (χ0v) is 12.3. The van der Waals surface area contributed by atoms with Gasteiger partial charge in [-0.25, -0.2) is 13.1 Å². The number of nitrogens with two attached hydrogens (primary N) is 1. The summed E-state index contributed by atoms with van der Waals surface area (Å²) in [5, 5.41) is 3.84. The topological polar surface area (TPSA) is 98.2 Å². The molecule has 0 atom stereocenters. The van der Waals surface area contributed by atoms with Gasteiger partial charge in [-0.15, -0.1) is 0 Å². The largest absolute Gasteiger partial charge is 0.360 e. The zero-order chi connectivity index (χ0) is 14.8. The molecule has 2 aromatic rings. The van der Waals surface area contributed by atoms with Gasteiger partial charge in [0.25, 0.3) is 0 Å². The van der Waals surface area contributed by atoms with Gasteiger partial charge >= 0.3 is 0 Å². The Labute approximate surface area is 122 Å². The van der Waals surface area contributed by atoms with Crippen LogP contribution in [0.3, 0.4) is 0 Å². The molecule has 0 aliphatic heterocycles. The molecule has 0 unspecified atom stereocenters. The third-order valence-corrected chi connectivity index (χ3v) is 4.62. The molecule has 0 saturated carbocycles. The van der Waals surface area contributed by atoms with E-state index in [1.807, 2.05) is 0 Å². The lowest BCUT2D eigenvalue weighted by Crippen LogP contribution is -2.24. The maximum atomic E-state index is 12.3. The van der Waals surface area contributed by atoms with E-state index in [0.29, 0.717) is 21.9 Å². The number of sulfonamides is 1. The van der Waals surface area contributed by atoms with E-state index in [2.05, 4.69) is 9.88 Å². The van der Waals surface area contributed by atoms with E-state index in [1.165, 1.54) is 12.3 Å². The van der Waals surface area contributed by atoms with E-state index in [9.17, 15) is 8.42 Å². The van der Waals surface area contributed by atoms with Crippen molar-refractivity contribution in [3.8, 4) is 0 Å². The van der Waals surface area contributed by atoms with Gasteiger partial charge in [0, 0.05) is 17.6 Å². The molecule has 0 amide bonds.